The number of aromatic nitrogens is 1. The van der Waals surface area contributed by atoms with Gasteiger partial charge in [-0.15, -0.1) is 11.3 Å². The minimum atomic E-state index is -0.379. The molecule has 7 nitrogen and oxygen atoms in total. The van der Waals surface area contributed by atoms with Crippen molar-refractivity contribution < 1.29 is 19.0 Å². The molecule has 32 heavy (non-hydrogen) atoms. The van der Waals surface area contributed by atoms with E-state index in [2.05, 4.69) is 26.0 Å². The smallest absolute Gasteiger partial charge is 0.281 e. The molecule has 0 unspecified atom stereocenters. The Balaban J connectivity index is 1.81. The van der Waals surface area contributed by atoms with Crippen LogP contribution in [0.3, 0.4) is 0 Å². The predicted octanol–water partition coefficient (Wildman–Crippen LogP) is 5.83. The van der Waals surface area contributed by atoms with Crippen molar-refractivity contribution in [3.8, 4) is 17.2 Å². The number of hydrogen-bond acceptors (Lipinski definition) is 8. The average Bonchev–Trinajstić information content (AvgIpc) is 3.47. The molecule has 0 aliphatic heterocycles. The van der Waals surface area contributed by atoms with E-state index in [0.29, 0.717) is 27.9 Å². The molecular formula is C22H18BrN3O4S2. The summed E-state index contributed by atoms with van der Waals surface area (Å²) in [6.07, 6.45) is 1.64. The zero-order valence-electron chi connectivity index (χ0n) is 17.4. The summed E-state index contributed by atoms with van der Waals surface area (Å²) in [6.45, 7) is 0. The summed E-state index contributed by atoms with van der Waals surface area (Å²) in [5.41, 5.74) is 1.10. The lowest BCUT2D eigenvalue weighted by atomic mass is 10.1. The van der Waals surface area contributed by atoms with Gasteiger partial charge in [0.1, 0.15) is 0 Å². The molecule has 164 valence electrons. The number of nitrogens with zero attached hydrogens (tertiary/aromatic N) is 3. The highest BCUT2D eigenvalue weighted by Gasteiger charge is 2.24. The van der Waals surface area contributed by atoms with Gasteiger partial charge in [-0.2, -0.15) is 10.1 Å². The van der Waals surface area contributed by atoms with E-state index in [1.807, 2.05) is 35.7 Å². The van der Waals surface area contributed by atoms with Crippen LogP contribution in [0.1, 0.15) is 15.2 Å². The van der Waals surface area contributed by atoms with Crippen molar-refractivity contribution in [1.82, 2.24) is 4.98 Å². The average molecular weight is 532 g/mol. The fraction of sp³-hybridized carbons (Fsp3) is 0.136. The molecular weight excluding hydrogens is 514 g/mol. The zero-order chi connectivity index (χ0) is 22.7. The molecule has 0 spiro atoms. The Morgan fingerprint density at radius 1 is 1.09 bits per heavy atom. The maximum absolute atomic E-state index is 13.6. The second kappa shape index (κ2) is 9.68. The van der Waals surface area contributed by atoms with Crippen LogP contribution in [0.4, 0.5) is 5.13 Å². The summed E-state index contributed by atoms with van der Waals surface area (Å²) in [7, 11) is 4.52. The zero-order valence-corrected chi connectivity index (χ0v) is 20.6. The SMILES string of the molecule is COc1cc(C(=O)N(/N=C/c2cccs2)c2nc3ccc(Br)cc3s2)cc(OC)c1OC. The van der Waals surface area contributed by atoms with Crippen LogP contribution < -0.4 is 19.2 Å². The monoisotopic (exact) mass is 531 g/mol. The Bertz CT molecular complexity index is 1260. The number of ether oxygens (including phenoxy) is 3. The van der Waals surface area contributed by atoms with Crippen molar-refractivity contribution in [2.24, 2.45) is 5.10 Å². The molecule has 0 fully saturated rings. The van der Waals surface area contributed by atoms with Crippen molar-refractivity contribution >= 4 is 66.1 Å². The normalized spacial score (nSPS) is 11.1. The highest BCUT2D eigenvalue weighted by Crippen LogP contribution is 2.39. The van der Waals surface area contributed by atoms with Crippen LogP contribution in [0.5, 0.6) is 17.2 Å². The third kappa shape index (κ3) is 4.47. The van der Waals surface area contributed by atoms with Crippen LogP contribution in [0.15, 0.2) is 57.4 Å². The second-order valence-corrected chi connectivity index (χ2v) is 9.30. The third-order valence-corrected chi connectivity index (χ3v) is 6.76. The number of anilines is 1. The number of hydrogen-bond donors (Lipinski definition) is 0. The first-order valence-corrected chi connectivity index (χ1v) is 11.8. The summed E-state index contributed by atoms with van der Waals surface area (Å²) in [5.74, 6) is 0.788. The summed E-state index contributed by atoms with van der Waals surface area (Å²) in [5, 5.41) is 8.16. The van der Waals surface area contributed by atoms with Gasteiger partial charge in [-0.3, -0.25) is 4.79 Å². The van der Waals surface area contributed by atoms with Gasteiger partial charge >= 0.3 is 0 Å². The number of rotatable bonds is 7. The van der Waals surface area contributed by atoms with E-state index >= 15 is 0 Å². The first kappa shape index (κ1) is 22.3. The fourth-order valence-electron chi connectivity index (χ4n) is 2.97. The lowest BCUT2D eigenvalue weighted by Gasteiger charge is -2.17. The molecule has 0 saturated heterocycles. The van der Waals surface area contributed by atoms with Gasteiger partial charge in [0, 0.05) is 14.9 Å². The molecule has 0 aliphatic rings. The summed E-state index contributed by atoms with van der Waals surface area (Å²) in [6, 6.07) is 12.8. The first-order valence-electron chi connectivity index (χ1n) is 9.32. The maximum atomic E-state index is 13.6. The first-order chi connectivity index (χ1) is 15.5. The molecule has 4 aromatic rings. The van der Waals surface area contributed by atoms with Crippen LogP contribution in [-0.2, 0) is 0 Å². The van der Waals surface area contributed by atoms with E-state index in [9.17, 15) is 4.79 Å². The highest BCUT2D eigenvalue weighted by atomic mass is 79.9. The van der Waals surface area contributed by atoms with Crippen LogP contribution in [0, 0.1) is 0 Å². The Morgan fingerprint density at radius 3 is 2.47 bits per heavy atom. The topological polar surface area (TPSA) is 73.2 Å². The highest BCUT2D eigenvalue weighted by molar-refractivity contribution is 9.10. The number of fused-ring (bicyclic) bond motifs is 1. The van der Waals surface area contributed by atoms with Crippen molar-refractivity contribution in [1.29, 1.82) is 0 Å². The molecule has 1 amide bonds. The molecule has 2 aromatic carbocycles. The standard InChI is InChI=1S/C22H18BrN3O4S2/c1-28-17-9-13(10-18(29-2)20(17)30-3)21(27)26(24-12-15-5-4-8-31-15)22-25-16-7-6-14(23)11-19(16)32-22/h4-12H,1-3H3/b24-12+. The van der Waals surface area contributed by atoms with E-state index < -0.39 is 0 Å². The number of carbonyl (C=O) groups excluding carboxylic acids is 1. The fourth-order valence-corrected chi connectivity index (χ4v) is 5.03. The molecule has 0 N–H and O–H groups in total. The molecule has 2 heterocycles. The minimum Gasteiger partial charge on any atom is -0.493 e. The molecule has 0 bridgehead atoms. The lowest BCUT2D eigenvalue weighted by molar-refractivity contribution is 0.0987. The second-order valence-electron chi connectivity index (χ2n) is 6.40. The van der Waals surface area contributed by atoms with Crippen molar-refractivity contribution in [3.63, 3.8) is 0 Å². The van der Waals surface area contributed by atoms with E-state index in [-0.39, 0.29) is 5.91 Å². The Labute approximate surface area is 201 Å². The van der Waals surface area contributed by atoms with Gasteiger partial charge in [0.2, 0.25) is 10.9 Å². The molecule has 0 radical (unpaired) electrons. The van der Waals surface area contributed by atoms with Gasteiger partial charge in [0.15, 0.2) is 11.5 Å². The largest absolute Gasteiger partial charge is 0.493 e. The van der Waals surface area contributed by atoms with E-state index in [1.54, 1.807) is 18.3 Å². The van der Waals surface area contributed by atoms with Gasteiger partial charge in [-0.05, 0) is 41.8 Å². The quantitative estimate of drug-likeness (QED) is 0.221. The van der Waals surface area contributed by atoms with E-state index in [4.69, 9.17) is 14.2 Å². The number of carbonyl (C=O) groups is 1. The summed E-state index contributed by atoms with van der Waals surface area (Å²) >= 11 is 6.38. The van der Waals surface area contributed by atoms with Gasteiger partial charge in [0.25, 0.3) is 5.91 Å². The van der Waals surface area contributed by atoms with Gasteiger partial charge in [0.05, 0.1) is 37.8 Å². The predicted molar refractivity (Wildman–Crippen MR) is 132 cm³/mol. The number of amides is 1. The maximum Gasteiger partial charge on any atom is 0.281 e. The summed E-state index contributed by atoms with van der Waals surface area (Å²) < 4.78 is 18.0. The van der Waals surface area contributed by atoms with Crippen molar-refractivity contribution in [2.75, 3.05) is 26.3 Å². The van der Waals surface area contributed by atoms with Crippen LogP contribution >= 0.6 is 38.6 Å². The molecule has 4 rings (SSSR count). The lowest BCUT2D eigenvalue weighted by Crippen LogP contribution is -2.25. The van der Waals surface area contributed by atoms with E-state index in [0.717, 1.165) is 19.6 Å². The number of halogens is 1. The van der Waals surface area contributed by atoms with Gasteiger partial charge in [-0.1, -0.05) is 33.3 Å². The Hall–Kier alpha value is -2.95. The third-order valence-electron chi connectivity index (χ3n) is 4.47. The molecule has 2 aromatic heterocycles. The number of benzene rings is 2. The number of thiophene rings is 1. The number of methoxy groups -OCH3 is 3. The van der Waals surface area contributed by atoms with E-state index in [1.165, 1.54) is 49.0 Å². The molecule has 0 aliphatic carbocycles. The van der Waals surface area contributed by atoms with Crippen LogP contribution in [0.25, 0.3) is 10.2 Å². The summed E-state index contributed by atoms with van der Waals surface area (Å²) in [4.78, 5) is 19.1. The van der Waals surface area contributed by atoms with Gasteiger partial charge in [-0.25, -0.2) is 4.98 Å². The Morgan fingerprint density at radius 2 is 1.84 bits per heavy atom. The molecule has 10 heteroatoms. The molecule has 0 saturated carbocycles. The van der Waals surface area contributed by atoms with Crippen LogP contribution in [-0.4, -0.2) is 38.4 Å². The number of hydrazone groups is 1. The molecule has 0 atom stereocenters. The number of thiazole rings is 1. The van der Waals surface area contributed by atoms with Crippen molar-refractivity contribution in [2.45, 2.75) is 0 Å². The van der Waals surface area contributed by atoms with Crippen molar-refractivity contribution in [3.05, 3.63) is 62.8 Å². The van der Waals surface area contributed by atoms with Gasteiger partial charge < -0.3 is 14.2 Å². The minimum absolute atomic E-state index is 0.322. The Kier molecular flexibility index (Phi) is 6.73. The van der Waals surface area contributed by atoms with Crippen LogP contribution in [0.2, 0.25) is 0 Å².